The van der Waals surface area contributed by atoms with Crippen LogP contribution in [0.15, 0.2) is 46.9 Å². The van der Waals surface area contributed by atoms with Crippen LogP contribution in [-0.4, -0.2) is 141 Å². The van der Waals surface area contributed by atoms with Gasteiger partial charge < -0.3 is 53.4 Å². The molecule has 2 aromatic rings. The van der Waals surface area contributed by atoms with Gasteiger partial charge in [0.15, 0.2) is 33.3 Å². The number of rotatable bonds is 30. The Labute approximate surface area is 320 Å². The molecule has 0 fully saturated rings. The lowest BCUT2D eigenvalue weighted by Gasteiger charge is -2.13. The molecule has 0 unspecified atom stereocenters. The number of amides is 1. The Kier molecular flexibility index (Phi) is 23.4. The van der Waals surface area contributed by atoms with E-state index in [1.807, 2.05) is 0 Å². The number of hydrogen-bond acceptors (Lipinski definition) is 14. The minimum atomic E-state index is -3.65. The van der Waals surface area contributed by atoms with Crippen molar-refractivity contribution in [3.05, 3.63) is 59.2 Å². The first-order valence-electron chi connectivity index (χ1n) is 17.8. The van der Waals surface area contributed by atoms with E-state index in [4.69, 9.17) is 43.0 Å². The minimum absolute atomic E-state index is 0.0226. The Morgan fingerprint density at radius 2 is 1.25 bits per heavy atom. The van der Waals surface area contributed by atoms with E-state index >= 15 is 0 Å². The summed E-state index contributed by atoms with van der Waals surface area (Å²) in [6.45, 7) is 8.76. The van der Waals surface area contributed by atoms with Crippen molar-refractivity contribution < 1.29 is 74.9 Å². The molecule has 2 atom stereocenters. The highest BCUT2D eigenvalue weighted by molar-refractivity contribution is 7.91. The van der Waals surface area contributed by atoms with Crippen LogP contribution in [0.2, 0.25) is 0 Å². The van der Waals surface area contributed by atoms with Crippen molar-refractivity contribution in [1.29, 1.82) is 0 Å². The fourth-order valence-corrected chi connectivity index (χ4v) is 5.67. The van der Waals surface area contributed by atoms with E-state index in [2.05, 4.69) is 5.32 Å². The van der Waals surface area contributed by atoms with E-state index in [0.29, 0.717) is 59.5 Å². The molecule has 0 radical (unpaired) electrons. The number of benzene rings is 2. The molecule has 310 valence electrons. The van der Waals surface area contributed by atoms with Crippen LogP contribution in [0.1, 0.15) is 32.8 Å². The molecule has 0 aliphatic carbocycles. The van der Waals surface area contributed by atoms with Crippen LogP contribution < -0.4 is 10.1 Å². The van der Waals surface area contributed by atoms with Gasteiger partial charge in [0.05, 0.1) is 96.0 Å². The lowest BCUT2D eigenvalue weighted by molar-refractivity contribution is -0.138. The summed E-state index contributed by atoms with van der Waals surface area (Å²) in [5.74, 6) is -4.08. The van der Waals surface area contributed by atoms with Crippen molar-refractivity contribution in [2.45, 2.75) is 44.3 Å². The Balaban J connectivity index is 1.48. The molecule has 2 rings (SSSR count). The quantitative estimate of drug-likeness (QED) is 0.0593. The van der Waals surface area contributed by atoms with E-state index in [1.54, 1.807) is 6.92 Å². The Bertz CT molecular complexity index is 1530. The average Bonchev–Trinajstić information content (AvgIpc) is 3.14. The SMILES string of the molecule is CCOC(=O)/C(C)=C/c1cc(F)c(Oc2ccc(S(=O)(=O)CCCOCCOCCOCCOCCOCCOCCNC(=O)[C@H](O)[C@H](C)O)cc2)c(F)c1. The summed E-state index contributed by atoms with van der Waals surface area (Å²) in [6.07, 6.45) is -1.08. The molecule has 0 heterocycles. The van der Waals surface area contributed by atoms with Gasteiger partial charge in [-0.25, -0.2) is 22.0 Å². The maximum absolute atomic E-state index is 14.7. The molecule has 2 aromatic carbocycles. The largest absolute Gasteiger partial charge is 0.463 e. The van der Waals surface area contributed by atoms with E-state index in [1.165, 1.54) is 44.2 Å². The molecule has 0 aromatic heterocycles. The summed E-state index contributed by atoms with van der Waals surface area (Å²) in [6, 6.07) is 7.22. The molecule has 55 heavy (non-hydrogen) atoms. The number of hydrogen-bond donors (Lipinski definition) is 3. The third kappa shape index (κ3) is 19.7. The van der Waals surface area contributed by atoms with Crippen molar-refractivity contribution in [3.63, 3.8) is 0 Å². The maximum Gasteiger partial charge on any atom is 0.333 e. The Morgan fingerprint density at radius 1 is 0.782 bits per heavy atom. The smallest absolute Gasteiger partial charge is 0.333 e. The number of esters is 1. The fraction of sp³-hybridized carbons (Fsp3) is 0.568. The van der Waals surface area contributed by atoms with Gasteiger partial charge in [0.1, 0.15) is 5.75 Å². The van der Waals surface area contributed by atoms with Gasteiger partial charge in [-0.3, -0.25) is 4.79 Å². The zero-order valence-electron chi connectivity index (χ0n) is 31.5. The van der Waals surface area contributed by atoms with Crippen LogP contribution in [0.25, 0.3) is 6.08 Å². The molecule has 18 heteroatoms. The summed E-state index contributed by atoms with van der Waals surface area (Å²) in [5, 5.41) is 21.0. The second-order valence-electron chi connectivity index (χ2n) is 11.8. The predicted octanol–water partition coefficient (Wildman–Crippen LogP) is 2.84. The van der Waals surface area contributed by atoms with E-state index in [0.717, 1.165) is 12.1 Å². The maximum atomic E-state index is 14.7. The molecule has 0 aliphatic heterocycles. The first-order valence-corrected chi connectivity index (χ1v) is 19.5. The van der Waals surface area contributed by atoms with E-state index in [9.17, 15) is 31.9 Å². The first kappa shape index (κ1) is 47.6. The van der Waals surface area contributed by atoms with Gasteiger partial charge in [0.25, 0.3) is 5.91 Å². The lowest BCUT2D eigenvalue weighted by Crippen LogP contribution is -2.42. The van der Waals surface area contributed by atoms with Crippen molar-refractivity contribution in [3.8, 4) is 11.5 Å². The predicted molar refractivity (Wildman–Crippen MR) is 195 cm³/mol. The Morgan fingerprint density at radius 3 is 1.73 bits per heavy atom. The molecular weight excluding hydrogens is 752 g/mol. The summed E-state index contributed by atoms with van der Waals surface area (Å²) < 4.78 is 97.4. The third-order valence-corrected chi connectivity index (χ3v) is 9.05. The summed E-state index contributed by atoms with van der Waals surface area (Å²) >= 11 is 0. The van der Waals surface area contributed by atoms with Gasteiger partial charge in [-0.1, -0.05) is 0 Å². The van der Waals surface area contributed by atoms with Crippen LogP contribution in [-0.2, 0) is 52.6 Å². The van der Waals surface area contributed by atoms with Gasteiger partial charge in [0, 0.05) is 18.7 Å². The van der Waals surface area contributed by atoms with Crippen molar-refractivity contribution in [1.82, 2.24) is 5.32 Å². The fourth-order valence-electron chi connectivity index (χ4n) is 4.39. The zero-order chi connectivity index (χ0) is 40.5. The van der Waals surface area contributed by atoms with Crippen LogP contribution in [0.3, 0.4) is 0 Å². The second-order valence-corrected chi connectivity index (χ2v) is 13.9. The Hall–Kier alpha value is -3.59. The van der Waals surface area contributed by atoms with Gasteiger partial charge in [0.2, 0.25) is 0 Å². The second kappa shape index (κ2) is 27.1. The van der Waals surface area contributed by atoms with Crippen LogP contribution in [0.5, 0.6) is 11.5 Å². The molecule has 1 amide bonds. The highest BCUT2D eigenvalue weighted by atomic mass is 32.2. The molecule has 3 N–H and O–H groups in total. The number of carbonyl (C=O) groups excluding carboxylic acids is 2. The number of aliphatic hydroxyl groups excluding tert-OH is 2. The molecule has 0 aliphatic rings. The number of ether oxygens (including phenoxy) is 8. The summed E-state index contributed by atoms with van der Waals surface area (Å²) in [4.78, 5) is 23.3. The van der Waals surface area contributed by atoms with E-state index in [-0.39, 0.29) is 66.9 Å². The minimum Gasteiger partial charge on any atom is -0.463 e. The zero-order valence-corrected chi connectivity index (χ0v) is 32.3. The lowest BCUT2D eigenvalue weighted by atomic mass is 10.1. The molecule has 0 spiro atoms. The highest BCUT2D eigenvalue weighted by Crippen LogP contribution is 2.30. The highest BCUT2D eigenvalue weighted by Gasteiger charge is 2.20. The number of halogens is 2. The molecule has 0 saturated heterocycles. The molecule has 15 nitrogen and oxygen atoms in total. The van der Waals surface area contributed by atoms with Gasteiger partial charge in [-0.2, -0.15) is 0 Å². The van der Waals surface area contributed by atoms with Crippen molar-refractivity contribution in [2.75, 3.05) is 98.2 Å². The average molecular weight is 806 g/mol. The van der Waals surface area contributed by atoms with Crippen LogP contribution >= 0.6 is 0 Å². The van der Waals surface area contributed by atoms with Crippen LogP contribution in [0.4, 0.5) is 8.78 Å². The summed E-state index contributed by atoms with van der Waals surface area (Å²) in [5.41, 5.74) is 0.274. The number of carbonyl (C=O) groups is 2. The normalized spacial score (nSPS) is 13.0. The van der Waals surface area contributed by atoms with Gasteiger partial charge >= 0.3 is 5.97 Å². The number of sulfone groups is 1. The van der Waals surface area contributed by atoms with Gasteiger partial charge in [-0.15, -0.1) is 0 Å². The standard InChI is InChI=1S/C37H53F2NO14S/c1-4-53-37(44)27(2)24-29-25-32(38)35(33(39)26-29)54-30-6-8-31(9-7-30)55(45,46)23-5-11-47-13-15-49-17-19-51-21-22-52-20-18-50-16-14-48-12-10-40-36(43)34(42)28(3)41/h6-9,24-26,28,34,41-42H,4-5,10-23H2,1-3H3,(H,40,43)/b27-24+/t28-,34+/m0/s1. The van der Waals surface area contributed by atoms with Crippen molar-refractivity contribution >= 4 is 27.8 Å². The monoisotopic (exact) mass is 805 g/mol. The molecule has 0 saturated carbocycles. The van der Waals surface area contributed by atoms with Crippen molar-refractivity contribution in [2.24, 2.45) is 0 Å². The third-order valence-electron chi connectivity index (χ3n) is 7.24. The van der Waals surface area contributed by atoms with E-state index < -0.39 is 51.3 Å². The molecular formula is C37H53F2NO14S. The first-order chi connectivity index (χ1) is 26.4. The number of aliphatic hydroxyl groups is 2. The summed E-state index contributed by atoms with van der Waals surface area (Å²) in [7, 11) is -3.65. The van der Waals surface area contributed by atoms with Gasteiger partial charge in [-0.05, 0) is 75.2 Å². The number of nitrogens with one attached hydrogen (secondary N) is 1. The van der Waals surface area contributed by atoms with Crippen LogP contribution in [0, 0.1) is 11.6 Å². The topological polar surface area (TPSA) is 195 Å². The molecule has 0 bridgehead atoms.